The first-order chi connectivity index (χ1) is 12.3. The third kappa shape index (κ3) is 3.76. The van der Waals surface area contributed by atoms with E-state index < -0.39 is 17.5 Å². The lowest BCUT2D eigenvalue weighted by molar-refractivity contribution is -0.891. The van der Waals surface area contributed by atoms with E-state index in [1.807, 2.05) is 25.2 Å². The van der Waals surface area contributed by atoms with Gasteiger partial charge in [0.2, 0.25) is 0 Å². The Bertz CT molecular complexity index is 657. The van der Waals surface area contributed by atoms with Crippen LogP contribution in [0.4, 0.5) is 0 Å². The maximum atomic E-state index is 13.0. The molecule has 0 spiro atoms. The summed E-state index contributed by atoms with van der Waals surface area (Å²) in [5.74, 6) is -1.59. The highest BCUT2D eigenvalue weighted by Crippen LogP contribution is 2.42. The smallest absolute Gasteiger partial charge is 0.359 e. The molecule has 2 aliphatic rings. The van der Waals surface area contributed by atoms with Gasteiger partial charge in [-0.1, -0.05) is 43.2 Å². The summed E-state index contributed by atoms with van der Waals surface area (Å²) in [6.45, 7) is 1.13. The number of ether oxygens (including phenoxy) is 1. The summed E-state index contributed by atoms with van der Waals surface area (Å²) >= 11 is 0. The van der Waals surface area contributed by atoms with E-state index >= 15 is 0 Å². The Kier molecular flexibility index (Phi) is 5.34. The van der Waals surface area contributed by atoms with E-state index in [0.717, 1.165) is 25.7 Å². The van der Waals surface area contributed by atoms with Crippen molar-refractivity contribution in [3.8, 4) is 0 Å². The van der Waals surface area contributed by atoms with Gasteiger partial charge in [-0.05, 0) is 18.4 Å². The van der Waals surface area contributed by atoms with E-state index in [-0.39, 0.29) is 18.6 Å². The molecule has 0 aromatic heterocycles. The second-order valence-corrected chi connectivity index (χ2v) is 8.01. The highest BCUT2D eigenvalue weighted by atomic mass is 16.6. The van der Waals surface area contributed by atoms with E-state index in [9.17, 15) is 14.7 Å². The largest absolute Gasteiger partial charge is 0.477 e. The van der Waals surface area contributed by atoms with Gasteiger partial charge in [0.05, 0.1) is 13.6 Å². The average Bonchev–Trinajstić information content (AvgIpc) is 3.25. The van der Waals surface area contributed by atoms with Crippen LogP contribution < -0.4 is 0 Å². The van der Waals surface area contributed by atoms with Crippen molar-refractivity contribution in [3.05, 3.63) is 35.9 Å². The molecule has 1 aliphatic carbocycles. The van der Waals surface area contributed by atoms with Crippen LogP contribution in [0.3, 0.4) is 0 Å². The van der Waals surface area contributed by atoms with Crippen molar-refractivity contribution >= 4 is 11.9 Å². The number of carboxylic acid groups (broad SMARTS) is 1. The SMILES string of the molecule is C[N@@+]1(CC(=O)O)CCC(OC(=O)C(O)(c2ccccc2)C2CCCC2)C1. The predicted octanol–water partition coefficient (Wildman–Crippen LogP) is 1.91. The van der Waals surface area contributed by atoms with Crippen LogP contribution in [0.15, 0.2) is 30.3 Å². The Hall–Kier alpha value is -1.92. The van der Waals surface area contributed by atoms with Gasteiger partial charge in [-0.3, -0.25) is 0 Å². The molecule has 1 aromatic rings. The van der Waals surface area contributed by atoms with Crippen molar-refractivity contribution in [1.82, 2.24) is 0 Å². The molecule has 1 saturated heterocycles. The van der Waals surface area contributed by atoms with Gasteiger partial charge in [0.1, 0.15) is 6.54 Å². The van der Waals surface area contributed by atoms with E-state index in [1.54, 1.807) is 12.1 Å². The van der Waals surface area contributed by atoms with Crippen LogP contribution in [0.2, 0.25) is 0 Å². The fourth-order valence-corrected chi connectivity index (χ4v) is 4.49. The number of hydrogen-bond acceptors (Lipinski definition) is 4. The zero-order valence-electron chi connectivity index (χ0n) is 15.3. The zero-order valence-corrected chi connectivity index (χ0v) is 15.3. The molecular formula is C20H28NO5+. The highest BCUT2D eigenvalue weighted by molar-refractivity contribution is 5.81. The minimum absolute atomic E-state index is 0.0135. The van der Waals surface area contributed by atoms with Crippen LogP contribution in [0.5, 0.6) is 0 Å². The monoisotopic (exact) mass is 362 g/mol. The molecule has 0 amide bonds. The van der Waals surface area contributed by atoms with E-state index in [1.165, 1.54) is 0 Å². The molecular weight excluding hydrogens is 334 g/mol. The Morgan fingerprint density at radius 2 is 1.85 bits per heavy atom. The van der Waals surface area contributed by atoms with Gasteiger partial charge in [-0.2, -0.15) is 0 Å². The Morgan fingerprint density at radius 1 is 1.19 bits per heavy atom. The predicted molar refractivity (Wildman–Crippen MR) is 95.2 cm³/mol. The molecule has 2 unspecified atom stereocenters. The standard InChI is InChI=1S/C20H27NO5/c1-21(14-18(22)23)12-11-17(13-21)26-19(24)20(25,16-9-5-6-10-16)15-7-3-2-4-8-15/h2-4,7-8,16-17,25H,5-6,9-14H2,1H3/p+1/t17?,20?,21-/m1/s1. The molecule has 6 nitrogen and oxygen atoms in total. The van der Waals surface area contributed by atoms with Gasteiger partial charge in [-0.25, -0.2) is 9.59 Å². The number of quaternary nitrogens is 1. The van der Waals surface area contributed by atoms with Crippen molar-refractivity contribution in [3.63, 3.8) is 0 Å². The summed E-state index contributed by atoms with van der Waals surface area (Å²) in [5, 5.41) is 20.5. The number of aliphatic carboxylic acids is 1. The summed E-state index contributed by atoms with van der Waals surface area (Å²) in [6, 6.07) is 9.05. The fraction of sp³-hybridized carbons (Fsp3) is 0.600. The highest BCUT2D eigenvalue weighted by Gasteiger charge is 2.49. The third-order valence-corrected chi connectivity index (χ3v) is 5.90. The maximum Gasteiger partial charge on any atom is 0.359 e. The zero-order chi connectivity index (χ0) is 18.8. The first-order valence-electron chi connectivity index (χ1n) is 9.38. The number of aliphatic hydroxyl groups is 1. The van der Waals surface area contributed by atoms with Crippen LogP contribution in [0.1, 0.15) is 37.7 Å². The van der Waals surface area contributed by atoms with E-state index in [0.29, 0.717) is 29.6 Å². The average molecular weight is 362 g/mol. The fourth-order valence-electron chi connectivity index (χ4n) is 4.49. The molecule has 6 heteroatoms. The summed E-state index contributed by atoms with van der Waals surface area (Å²) < 4.78 is 6.07. The van der Waals surface area contributed by atoms with Crippen molar-refractivity contribution in [1.29, 1.82) is 0 Å². The van der Waals surface area contributed by atoms with Crippen molar-refractivity contribution in [2.24, 2.45) is 5.92 Å². The molecule has 0 radical (unpaired) electrons. The number of likely N-dealkylation sites (tertiary alicyclic amines) is 1. The van der Waals surface area contributed by atoms with Crippen LogP contribution in [-0.2, 0) is 19.9 Å². The number of rotatable bonds is 6. The van der Waals surface area contributed by atoms with Crippen molar-refractivity contribution in [2.45, 2.75) is 43.8 Å². The number of carbonyl (C=O) groups excluding carboxylic acids is 1. The molecule has 1 aliphatic heterocycles. The minimum atomic E-state index is -1.63. The number of carbonyl (C=O) groups is 2. The normalized spacial score (nSPS) is 28.6. The number of benzene rings is 1. The second kappa shape index (κ2) is 7.37. The second-order valence-electron chi connectivity index (χ2n) is 8.01. The quantitative estimate of drug-likeness (QED) is 0.597. The van der Waals surface area contributed by atoms with Crippen LogP contribution >= 0.6 is 0 Å². The number of hydrogen-bond donors (Lipinski definition) is 2. The molecule has 1 heterocycles. The first-order valence-corrected chi connectivity index (χ1v) is 9.38. The Morgan fingerprint density at radius 3 is 2.46 bits per heavy atom. The van der Waals surface area contributed by atoms with E-state index in [2.05, 4.69) is 0 Å². The summed E-state index contributed by atoms with van der Waals surface area (Å²) in [6.07, 6.45) is 3.87. The molecule has 2 N–H and O–H groups in total. The summed E-state index contributed by atoms with van der Waals surface area (Å²) in [5.41, 5.74) is -1.05. The first kappa shape index (κ1) is 18.9. The maximum absolute atomic E-state index is 13.0. The molecule has 3 atom stereocenters. The summed E-state index contributed by atoms with van der Waals surface area (Å²) in [7, 11) is 1.86. The van der Waals surface area contributed by atoms with Crippen LogP contribution in [0, 0.1) is 5.92 Å². The Labute approximate surface area is 154 Å². The molecule has 1 saturated carbocycles. The van der Waals surface area contributed by atoms with Crippen molar-refractivity contribution in [2.75, 3.05) is 26.7 Å². The van der Waals surface area contributed by atoms with Crippen molar-refractivity contribution < 1.29 is 29.0 Å². The lowest BCUT2D eigenvalue weighted by Crippen LogP contribution is -2.48. The molecule has 3 rings (SSSR count). The molecule has 2 fully saturated rings. The van der Waals surface area contributed by atoms with Gasteiger partial charge in [0.15, 0.2) is 18.2 Å². The number of nitrogens with zero attached hydrogens (tertiary/aromatic N) is 1. The molecule has 142 valence electrons. The molecule has 1 aromatic carbocycles. The van der Waals surface area contributed by atoms with Gasteiger partial charge in [0.25, 0.3) is 0 Å². The third-order valence-electron chi connectivity index (χ3n) is 5.90. The lowest BCUT2D eigenvalue weighted by Gasteiger charge is -2.33. The molecule has 0 bridgehead atoms. The minimum Gasteiger partial charge on any atom is -0.477 e. The van der Waals surface area contributed by atoms with Crippen LogP contribution in [-0.4, -0.2) is 59.4 Å². The topological polar surface area (TPSA) is 83.8 Å². The van der Waals surface area contributed by atoms with E-state index in [4.69, 9.17) is 9.84 Å². The van der Waals surface area contributed by atoms with Crippen LogP contribution in [0.25, 0.3) is 0 Å². The van der Waals surface area contributed by atoms with Gasteiger partial charge >= 0.3 is 11.9 Å². The van der Waals surface area contributed by atoms with Gasteiger partial charge in [-0.15, -0.1) is 0 Å². The number of likely N-dealkylation sites (N-methyl/N-ethyl adjacent to an activating group) is 1. The molecule has 26 heavy (non-hydrogen) atoms. The summed E-state index contributed by atoms with van der Waals surface area (Å²) in [4.78, 5) is 24.1. The number of carboxylic acids is 1. The number of esters is 1. The van der Waals surface area contributed by atoms with Gasteiger partial charge in [0, 0.05) is 12.3 Å². The lowest BCUT2D eigenvalue weighted by atomic mass is 9.80. The Balaban J connectivity index is 1.76. The van der Waals surface area contributed by atoms with Gasteiger partial charge < -0.3 is 19.4 Å².